The summed E-state index contributed by atoms with van der Waals surface area (Å²) in [6.07, 6.45) is 6.76. The number of nitrogens with one attached hydrogen (secondary N) is 2. The van der Waals surface area contributed by atoms with Crippen molar-refractivity contribution in [3.63, 3.8) is 0 Å². The van der Waals surface area contributed by atoms with E-state index in [2.05, 4.69) is 17.6 Å². The maximum atomic E-state index is 11.0. The largest absolute Gasteiger partial charge is 0.358 e. The second-order valence-electron chi connectivity index (χ2n) is 4.61. The van der Waals surface area contributed by atoms with E-state index in [1.807, 2.05) is 0 Å². The molecular weight excluding hydrogens is 188 g/mol. The van der Waals surface area contributed by atoms with Gasteiger partial charge in [-0.25, -0.2) is 0 Å². The van der Waals surface area contributed by atoms with Crippen LogP contribution in [0.25, 0.3) is 0 Å². The van der Waals surface area contributed by atoms with E-state index in [1.54, 1.807) is 7.05 Å². The first-order chi connectivity index (χ1) is 7.26. The van der Waals surface area contributed by atoms with Crippen LogP contribution in [0.5, 0.6) is 0 Å². The van der Waals surface area contributed by atoms with Crippen LogP contribution in [0.4, 0.5) is 0 Å². The van der Waals surface area contributed by atoms with E-state index in [4.69, 9.17) is 0 Å². The van der Waals surface area contributed by atoms with Gasteiger partial charge in [-0.05, 0) is 31.2 Å². The topological polar surface area (TPSA) is 41.1 Å². The number of hydrogen-bond acceptors (Lipinski definition) is 2. The Kier molecular flexibility index (Phi) is 5.69. The highest BCUT2D eigenvalue weighted by Gasteiger charge is 2.20. The van der Waals surface area contributed by atoms with Crippen LogP contribution in [0.3, 0.4) is 0 Å². The van der Waals surface area contributed by atoms with Gasteiger partial charge in [-0.15, -0.1) is 0 Å². The van der Waals surface area contributed by atoms with Gasteiger partial charge in [0, 0.05) is 7.05 Å². The van der Waals surface area contributed by atoms with E-state index in [0.29, 0.717) is 6.54 Å². The monoisotopic (exact) mass is 212 g/mol. The Morgan fingerprint density at radius 3 is 2.73 bits per heavy atom. The van der Waals surface area contributed by atoms with Gasteiger partial charge in [0.25, 0.3) is 0 Å². The number of carbonyl (C=O) groups is 1. The molecular formula is C12H24N2O. The van der Waals surface area contributed by atoms with Crippen molar-refractivity contribution in [3.8, 4) is 0 Å². The molecule has 2 N–H and O–H groups in total. The molecule has 2 unspecified atom stereocenters. The Balaban J connectivity index is 2.12. The van der Waals surface area contributed by atoms with Crippen LogP contribution in [-0.2, 0) is 4.79 Å². The quantitative estimate of drug-likeness (QED) is 0.726. The highest BCUT2D eigenvalue weighted by Crippen LogP contribution is 2.30. The predicted molar refractivity (Wildman–Crippen MR) is 62.7 cm³/mol. The maximum Gasteiger partial charge on any atom is 0.233 e. The van der Waals surface area contributed by atoms with Crippen LogP contribution in [0.1, 0.15) is 39.0 Å². The molecule has 1 amide bonds. The molecule has 1 fully saturated rings. The SMILES string of the molecule is CCC1CCCC(CNCC(=O)NC)C1. The molecule has 15 heavy (non-hydrogen) atoms. The van der Waals surface area contributed by atoms with Gasteiger partial charge < -0.3 is 10.6 Å². The third kappa shape index (κ3) is 4.65. The lowest BCUT2D eigenvalue weighted by Gasteiger charge is -2.28. The number of rotatable bonds is 5. The zero-order valence-electron chi connectivity index (χ0n) is 10.0. The van der Waals surface area contributed by atoms with Gasteiger partial charge in [0.15, 0.2) is 0 Å². The fourth-order valence-electron chi connectivity index (χ4n) is 2.44. The molecule has 3 heteroatoms. The number of carbonyl (C=O) groups excluding carboxylic acids is 1. The van der Waals surface area contributed by atoms with Gasteiger partial charge in [-0.2, -0.15) is 0 Å². The van der Waals surface area contributed by atoms with Gasteiger partial charge in [0.2, 0.25) is 5.91 Å². The van der Waals surface area contributed by atoms with Gasteiger partial charge in [0.05, 0.1) is 6.54 Å². The maximum absolute atomic E-state index is 11.0. The van der Waals surface area contributed by atoms with Crippen molar-refractivity contribution in [2.45, 2.75) is 39.0 Å². The fourth-order valence-corrected chi connectivity index (χ4v) is 2.44. The normalized spacial score (nSPS) is 26.3. The molecule has 0 radical (unpaired) electrons. The first kappa shape index (κ1) is 12.5. The van der Waals surface area contributed by atoms with E-state index in [0.717, 1.165) is 18.4 Å². The highest BCUT2D eigenvalue weighted by molar-refractivity contribution is 5.77. The van der Waals surface area contributed by atoms with Crippen molar-refractivity contribution < 1.29 is 4.79 Å². The fraction of sp³-hybridized carbons (Fsp3) is 0.917. The lowest BCUT2D eigenvalue weighted by atomic mass is 9.80. The van der Waals surface area contributed by atoms with Crippen molar-refractivity contribution in [1.29, 1.82) is 0 Å². The van der Waals surface area contributed by atoms with Gasteiger partial charge >= 0.3 is 0 Å². The summed E-state index contributed by atoms with van der Waals surface area (Å²) in [6.45, 7) is 3.75. The van der Waals surface area contributed by atoms with Crippen LogP contribution in [0.15, 0.2) is 0 Å². The van der Waals surface area contributed by atoms with Crippen LogP contribution >= 0.6 is 0 Å². The van der Waals surface area contributed by atoms with Gasteiger partial charge in [0.1, 0.15) is 0 Å². The molecule has 88 valence electrons. The molecule has 0 aromatic carbocycles. The molecule has 0 aliphatic heterocycles. The highest BCUT2D eigenvalue weighted by atomic mass is 16.1. The molecule has 0 bridgehead atoms. The van der Waals surface area contributed by atoms with Gasteiger partial charge in [-0.1, -0.05) is 26.2 Å². The van der Waals surface area contributed by atoms with E-state index < -0.39 is 0 Å². The summed E-state index contributed by atoms with van der Waals surface area (Å²) in [7, 11) is 1.68. The second kappa shape index (κ2) is 6.83. The summed E-state index contributed by atoms with van der Waals surface area (Å²) in [4.78, 5) is 11.0. The van der Waals surface area contributed by atoms with Crippen molar-refractivity contribution in [3.05, 3.63) is 0 Å². The Hall–Kier alpha value is -0.570. The van der Waals surface area contributed by atoms with E-state index in [1.165, 1.54) is 32.1 Å². The first-order valence-corrected chi connectivity index (χ1v) is 6.17. The minimum atomic E-state index is 0.0813. The summed E-state index contributed by atoms with van der Waals surface area (Å²) in [5.41, 5.74) is 0. The van der Waals surface area contributed by atoms with Crippen LogP contribution < -0.4 is 10.6 Å². The third-order valence-corrected chi connectivity index (χ3v) is 3.47. The van der Waals surface area contributed by atoms with E-state index in [9.17, 15) is 4.79 Å². The Bertz CT molecular complexity index is 194. The third-order valence-electron chi connectivity index (χ3n) is 3.47. The number of likely N-dealkylation sites (N-methyl/N-ethyl adjacent to an activating group) is 1. The summed E-state index contributed by atoms with van der Waals surface area (Å²) < 4.78 is 0. The Labute approximate surface area is 93.0 Å². The average molecular weight is 212 g/mol. The van der Waals surface area contributed by atoms with Crippen molar-refractivity contribution in [2.24, 2.45) is 11.8 Å². The number of hydrogen-bond donors (Lipinski definition) is 2. The summed E-state index contributed by atoms with van der Waals surface area (Å²) in [5, 5.41) is 5.86. The zero-order chi connectivity index (χ0) is 11.1. The molecule has 1 aliphatic carbocycles. The second-order valence-corrected chi connectivity index (χ2v) is 4.61. The zero-order valence-corrected chi connectivity index (χ0v) is 10.0. The molecule has 0 spiro atoms. The molecule has 0 aromatic rings. The standard InChI is InChI=1S/C12H24N2O/c1-3-10-5-4-6-11(7-10)8-14-9-12(15)13-2/h10-11,14H,3-9H2,1-2H3,(H,13,15). The molecule has 0 saturated heterocycles. The minimum absolute atomic E-state index is 0.0813. The van der Waals surface area contributed by atoms with Crippen molar-refractivity contribution >= 4 is 5.91 Å². The van der Waals surface area contributed by atoms with Crippen molar-refractivity contribution in [2.75, 3.05) is 20.1 Å². The molecule has 3 nitrogen and oxygen atoms in total. The Morgan fingerprint density at radius 2 is 2.07 bits per heavy atom. The molecule has 1 aliphatic rings. The molecule has 1 rings (SSSR count). The van der Waals surface area contributed by atoms with Crippen molar-refractivity contribution in [1.82, 2.24) is 10.6 Å². The molecule has 0 heterocycles. The van der Waals surface area contributed by atoms with E-state index >= 15 is 0 Å². The van der Waals surface area contributed by atoms with Crippen LogP contribution in [-0.4, -0.2) is 26.0 Å². The summed E-state index contributed by atoms with van der Waals surface area (Å²) in [6, 6.07) is 0. The minimum Gasteiger partial charge on any atom is -0.358 e. The predicted octanol–water partition coefficient (Wildman–Crippen LogP) is 1.54. The van der Waals surface area contributed by atoms with Gasteiger partial charge in [-0.3, -0.25) is 4.79 Å². The summed E-state index contributed by atoms with van der Waals surface area (Å²) >= 11 is 0. The van der Waals surface area contributed by atoms with Crippen LogP contribution in [0, 0.1) is 11.8 Å². The number of amides is 1. The van der Waals surface area contributed by atoms with E-state index in [-0.39, 0.29) is 5.91 Å². The average Bonchev–Trinajstić information content (AvgIpc) is 2.29. The Morgan fingerprint density at radius 1 is 1.33 bits per heavy atom. The summed E-state index contributed by atoms with van der Waals surface area (Å²) in [5.74, 6) is 1.79. The molecule has 0 aromatic heterocycles. The lowest BCUT2D eigenvalue weighted by molar-refractivity contribution is -0.119. The smallest absolute Gasteiger partial charge is 0.233 e. The lowest BCUT2D eigenvalue weighted by Crippen LogP contribution is -2.35. The first-order valence-electron chi connectivity index (χ1n) is 6.17. The molecule has 2 atom stereocenters. The van der Waals surface area contributed by atoms with Crippen LogP contribution in [0.2, 0.25) is 0 Å². The molecule has 1 saturated carbocycles.